The smallest absolute Gasteiger partial charge is 0.117 e. The molecule has 100 valence electrons. The van der Waals surface area contributed by atoms with Gasteiger partial charge in [0, 0.05) is 5.56 Å². The van der Waals surface area contributed by atoms with Crippen molar-refractivity contribution in [2.45, 2.75) is 31.8 Å². The molecule has 19 heavy (non-hydrogen) atoms. The third-order valence-electron chi connectivity index (χ3n) is 4.35. The molecule has 2 aromatic rings. The van der Waals surface area contributed by atoms with Gasteiger partial charge in [-0.15, -0.1) is 0 Å². The molecule has 4 heteroatoms. The van der Waals surface area contributed by atoms with Crippen LogP contribution < -0.4 is 5.73 Å². The molecule has 0 spiro atoms. The molecule has 4 nitrogen and oxygen atoms in total. The van der Waals surface area contributed by atoms with E-state index in [4.69, 9.17) is 5.73 Å². The summed E-state index contributed by atoms with van der Waals surface area (Å²) in [5.41, 5.74) is 8.29. The molecule has 1 aliphatic rings. The average molecular weight is 257 g/mol. The lowest BCUT2D eigenvalue weighted by Crippen LogP contribution is -2.39. The zero-order valence-electron chi connectivity index (χ0n) is 11.1. The fourth-order valence-electron chi connectivity index (χ4n) is 3.24. The maximum Gasteiger partial charge on any atom is 0.117 e. The van der Waals surface area contributed by atoms with E-state index in [-0.39, 0.29) is 5.92 Å². The number of imidazole rings is 1. The molecule has 1 aromatic heterocycles. The van der Waals surface area contributed by atoms with Crippen molar-refractivity contribution in [2.75, 3.05) is 0 Å². The molecule has 1 heterocycles. The van der Waals surface area contributed by atoms with Crippen molar-refractivity contribution in [3.05, 3.63) is 41.9 Å². The summed E-state index contributed by atoms with van der Waals surface area (Å²) < 4.78 is 0. The van der Waals surface area contributed by atoms with Crippen molar-refractivity contribution in [3.8, 4) is 0 Å². The van der Waals surface area contributed by atoms with Crippen LogP contribution in [0.25, 0.3) is 11.0 Å². The van der Waals surface area contributed by atoms with E-state index < -0.39 is 5.60 Å². The van der Waals surface area contributed by atoms with Crippen molar-refractivity contribution < 1.29 is 5.11 Å². The van der Waals surface area contributed by atoms with E-state index in [9.17, 15) is 5.11 Å². The fourth-order valence-corrected chi connectivity index (χ4v) is 3.24. The number of hydrogen-bond acceptors (Lipinski definition) is 3. The summed E-state index contributed by atoms with van der Waals surface area (Å²) in [5, 5.41) is 11.3. The zero-order valence-corrected chi connectivity index (χ0v) is 11.1. The van der Waals surface area contributed by atoms with Gasteiger partial charge in [0.2, 0.25) is 0 Å². The number of H-pyrrole nitrogens is 1. The lowest BCUT2D eigenvalue weighted by molar-refractivity contribution is 0.000480. The number of hydrogen-bond donors (Lipinski definition) is 3. The number of aromatic amines is 1. The Balaban J connectivity index is 2.24. The Morgan fingerprint density at radius 1 is 1.53 bits per heavy atom. The maximum atomic E-state index is 11.3. The molecular weight excluding hydrogens is 238 g/mol. The van der Waals surface area contributed by atoms with Crippen LogP contribution in [0.4, 0.5) is 0 Å². The van der Waals surface area contributed by atoms with Crippen LogP contribution in [0, 0.1) is 5.92 Å². The summed E-state index contributed by atoms with van der Waals surface area (Å²) in [6, 6.07) is 5.87. The summed E-state index contributed by atoms with van der Waals surface area (Å²) in [7, 11) is 0. The molecule has 3 rings (SSSR count). The van der Waals surface area contributed by atoms with E-state index in [1.165, 1.54) is 0 Å². The average Bonchev–Trinajstić information content (AvgIpc) is 2.90. The van der Waals surface area contributed by atoms with Crippen LogP contribution >= 0.6 is 0 Å². The van der Waals surface area contributed by atoms with Gasteiger partial charge in [-0.3, -0.25) is 0 Å². The number of nitrogens with zero attached hydrogens (tertiary/aromatic N) is 1. The second-order valence-electron chi connectivity index (χ2n) is 5.36. The first-order valence-corrected chi connectivity index (χ1v) is 6.74. The summed E-state index contributed by atoms with van der Waals surface area (Å²) >= 11 is 0. The zero-order chi connectivity index (χ0) is 13.5. The van der Waals surface area contributed by atoms with Gasteiger partial charge >= 0.3 is 0 Å². The number of para-hydroxylation sites is 1. The van der Waals surface area contributed by atoms with Gasteiger partial charge in [0.15, 0.2) is 0 Å². The molecular formula is C15H19N3O. The van der Waals surface area contributed by atoms with Crippen molar-refractivity contribution in [1.82, 2.24) is 9.97 Å². The van der Waals surface area contributed by atoms with Crippen molar-refractivity contribution >= 4 is 11.0 Å². The number of aromatic nitrogens is 2. The van der Waals surface area contributed by atoms with E-state index in [2.05, 4.69) is 16.9 Å². The first-order valence-electron chi connectivity index (χ1n) is 6.74. The third kappa shape index (κ3) is 1.67. The number of nitrogens with one attached hydrogen (secondary N) is 1. The Morgan fingerprint density at radius 3 is 3.16 bits per heavy atom. The Kier molecular flexibility index (Phi) is 2.82. The standard InChI is InChI=1S/C15H19N3O/c1-10-4-2-5-11(8-16)15(10,19)12-6-3-7-13-14(12)18-9-17-13/h3,6-10,19H,2,4-5,16H2,1H3,(H,17,18)/b11-8+. The van der Waals surface area contributed by atoms with Crippen LogP contribution in [0.15, 0.2) is 36.3 Å². The number of fused-ring (bicyclic) bond motifs is 1. The highest BCUT2D eigenvalue weighted by Crippen LogP contribution is 2.46. The van der Waals surface area contributed by atoms with Crippen LogP contribution in [-0.4, -0.2) is 15.1 Å². The van der Waals surface area contributed by atoms with Gasteiger partial charge in [-0.05, 0) is 43.0 Å². The number of aliphatic hydroxyl groups is 1. The van der Waals surface area contributed by atoms with Gasteiger partial charge in [-0.1, -0.05) is 19.1 Å². The minimum Gasteiger partial charge on any atom is -0.405 e. The Labute approximate surface area is 112 Å². The first-order chi connectivity index (χ1) is 9.17. The fraction of sp³-hybridized carbons (Fsp3) is 0.400. The lowest BCUT2D eigenvalue weighted by atomic mass is 9.69. The number of rotatable bonds is 1. The first kappa shape index (κ1) is 12.2. The molecule has 1 fully saturated rings. The molecule has 2 unspecified atom stereocenters. The summed E-state index contributed by atoms with van der Waals surface area (Å²) in [6.07, 6.45) is 6.15. The van der Waals surface area contributed by atoms with Gasteiger partial charge < -0.3 is 15.8 Å². The highest BCUT2D eigenvalue weighted by molar-refractivity contribution is 5.79. The van der Waals surface area contributed by atoms with E-state index in [0.29, 0.717) is 0 Å². The SMILES string of the molecule is CC1CCC/C(=C\N)C1(O)c1cccc2[nH]cnc12. The quantitative estimate of drug-likeness (QED) is 0.734. The Hall–Kier alpha value is -1.81. The Bertz CT molecular complexity index is 631. The maximum absolute atomic E-state index is 11.3. The van der Waals surface area contributed by atoms with Crippen molar-refractivity contribution in [3.63, 3.8) is 0 Å². The van der Waals surface area contributed by atoms with Crippen molar-refractivity contribution in [2.24, 2.45) is 11.7 Å². The van der Waals surface area contributed by atoms with Crippen LogP contribution in [-0.2, 0) is 5.60 Å². The summed E-state index contributed by atoms with van der Waals surface area (Å²) in [5.74, 6) is 0.137. The monoisotopic (exact) mass is 257 g/mol. The number of nitrogens with two attached hydrogens (primary N) is 1. The van der Waals surface area contributed by atoms with Crippen LogP contribution in [0.3, 0.4) is 0 Å². The lowest BCUT2D eigenvalue weighted by Gasteiger charge is -2.40. The second-order valence-corrected chi connectivity index (χ2v) is 5.36. The van der Waals surface area contributed by atoms with Crippen LogP contribution in [0.5, 0.6) is 0 Å². The molecule has 0 saturated heterocycles. The van der Waals surface area contributed by atoms with Gasteiger partial charge in [0.25, 0.3) is 0 Å². The van der Waals surface area contributed by atoms with E-state index in [0.717, 1.165) is 41.4 Å². The predicted octanol–water partition coefficient (Wildman–Crippen LogP) is 2.41. The predicted molar refractivity (Wildman–Crippen MR) is 75.3 cm³/mol. The third-order valence-corrected chi connectivity index (χ3v) is 4.35. The molecule has 0 amide bonds. The normalized spacial score (nSPS) is 30.0. The second kappa shape index (κ2) is 4.38. The minimum atomic E-state index is -0.998. The highest BCUT2D eigenvalue weighted by Gasteiger charge is 2.42. The molecule has 1 saturated carbocycles. The minimum absolute atomic E-state index is 0.137. The highest BCUT2D eigenvalue weighted by atomic mass is 16.3. The summed E-state index contributed by atoms with van der Waals surface area (Å²) in [4.78, 5) is 7.45. The Morgan fingerprint density at radius 2 is 2.37 bits per heavy atom. The molecule has 0 aliphatic heterocycles. The van der Waals surface area contributed by atoms with Crippen molar-refractivity contribution in [1.29, 1.82) is 0 Å². The molecule has 1 aromatic carbocycles. The van der Waals surface area contributed by atoms with Gasteiger partial charge in [-0.25, -0.2) is 4.98 Å². The molecule has 4 N–H and O–H groups in total. The topological polar surface area (TPSA) is 74.9 Å². The molecule has 1 aliphatic carbocycles. The molecule has 0 bridgehead atoms. The van der Waals surface area contributed by atoms with Gasteiger partial charge in [0.05, 0.1) is 17.4 Å². The summed E-state index contributed by atoms with van der Waals surface area (Å²) in [6.45, 7) is 2.08. The largest absolute Gasteiger partial charge is 0.405 e. The van der Waals surface area contributed by atoms with Gasteiger partial charge in [0.1, 0.15) is 5.60 Å². The van der Waals surface area contributed by atoms with Gasteiger partial charge in [-0.2, -0.15) is 0 Å². The van der Waals surface area contributed by atoms with E-state index in [1.807, 2.05) is 18.2 Å². The van der Waals surface area contributed by atoms with Crippen LogP contribution in [0.1, 0.15) is 31.7 Å². The van der Waals surface area contributed by atoms with E-state index in [1.54, 1.807) is 12.5 Å². The molecule has 0 radical (unpaired) electrons. The van der Waals surface area contributed by atoms with Crippen LogP contribution in [0.2, 0.25) is 0 Å². The molecule has 2 atom stereocenters. The number of benzene rings is 1. The van der Waals surface area contributed by atoms with E-state index >= 15 is 0 Å².